The lowest BCUT2D eigenvalue weighted by Crippen LogP contribution is -2.50. The highest BCUT2D eigenvalue weighted by Gasteiger charge is 2.41. The average molecular weight is 417 g/mol. The molecule has 1 heterocycles. The standard InChI is InChI=1S/C19H26Cl2N2O2S/c1-3-5-6-10-22-18(24)16-12-26-17(7-4-2)23(16)19(25)14-9-8-13(20)11-15(14)21/h8-9,11,16-17H,3-7,10,12H2,1-2H3,(H,22,24). The summed E-state index contributed by atoms with van der Waals surface area (Å²) in [5.74, 6) is 0.329. The highest BCUT2D eigenvalue weighted by Crippen LogP contribution is 2.35. The molecule has 7 heteroatoms. The van der Waals surface area contributed by atoms with Gasteiger partial charge in [-0.2, -0.15) is 0 Å². The van der Waals surface area contributed by atoms with Crippen LogP contribution in [0, 0.1) is 0 Å². The van der Waals surface area contributed by atoms with Crippen molar-refractivity contribution in [1.82, 2.24) is 10.2 Å². The fourth-order valence-corrected chi connectivity index (χ4v) is 5.03. The first kappa shape index (κ1) is 21.4. The number of unbranched alkanes of at least 4 members (excludes halogenated alkanes) is 2. The van der Waals surface area contributed by atoms with E-state index >= 15 is 0 Å². The smallest absolute Gasteiger partial charge is 0.256 e. The van der Waals surface area contributed by atoms with E-state index in [0.717, 1.165) is 32.1 Å². The normalized spacial score (nSPS) is 19.6. The molecule has 26 heavy (non-hydrogen) atoms. The number of amides is 2. The highest BCUT2D eigenvalue weighted by atomic mass is 35.5. The van der Waals surface area contributed by atoms with Gasteiger partial charge in [-0.1, -0.05) is 56.3 Å². The van der Waals surface area contributed by atoms with E-state index in [1.54, 1.807) is 34.9 Å². The van der Waals surface area contributed by atoms with Crippen LogP contribution in [-0.2, 0) is 4.79 Å². The van der Waals surface area contributed by atoms with Gasteiger partial charge in [-0.3, -0.25) is 9.59 Å². The summed E-state index contributed by atoms with van der Waals surface area (Å²) in [7, 11) is 0. The molecule has 2 unspecified atom stereocenters. The Balaban J connectivity index is 2.17. The first-order valence-electron chi connectivity index (χ1n) is 9.16. The summed E-state index contributed by atoms with van der Waals surface area (Å²) in [5.41, 5.74) is 0.392. The third kappa shape index (κ3) is 5.30. The van der Waals surface area contributed by atoms with Crippen molar-refractivity contribution in [3.63, 3.8) is 0 Å². The van der Waals surface area contributed by atoms with E-state index in [0.29, 0.717) is 27.9 Å². The van der Waals surface area contributed by atoms with Gasteiger partial charge in [-0.05, 0) is 31.0 Å². The molecular formula is C19H26Cl2N2O2S. The van der Waals surface area contributed by atoms with Crippen LogP contribution in [0.15, 0.2) is 18.2 Å². The fraction of sp³-hybridized carbons (Fsp3) is 0.579. The minimum Gasteiger partial charge on any atom is -0.354 e. The van der Waals surface area contributed by atoms with E-state index in [4.69, 9.17) is 23.2 Å². The molecule has 4 nitrogen and oxygen atoms in total. The van der Waals surface area contributed by atoms with Gasteiger partial charge in [-0.15, -0.1) is 11.8 Å². The summed E-state index contributed by atoms with van der Waals surface area (Å²) < 4.78 is 0. The molecule has 2 rings (SSSR count). The van der Waals surface area contributed by atoms with Crippen molar-refractivity contribution in [1.29, 1.82) is 0 Å². The molecule has 1 aromatic carbocycles. The Kier molecular flexibility index (Phi) is 8.58. The second kappa shape index (κ2) is 10.4. The second-order valence-electron chi connectivity index (χ2n) is 6.43. The Morgan fingerprint density at radius 3 is 2.65 bits per heavy atom. The zero-order valence-electron chi connectivity index (χ0n) is 15.3. The van der Waals surface area contributed by atoms with Gasteiger partial charge in [0.25, 0.3) is 5.91 Å². The van der Waals surface area contributed by atoms with Crippen LogP contribution < -0.4 is 5.32 Å². The largest absolute Gasteiger partial charge is 0.354 e. The topological polar surface area (TPSA) is 49.4 Å². The van der Waals surface area contributed by atoms with E-state index in [2.05, 4.69) is 19.2 Å². The van der Waals surface area contributed by atoms with Crippen molar-refractivity contribution in [2.24, 2.45) is 0 Å². The Labute approximate surface area is 170 Å². The zero-order valence-corrected chi connectivity index (χ0v) is 17.6. The molecule has 0 saturated carbocycles. The lowest BCUT2D eigenvalue weighted by Gasteiger charge is -2.29. The van der Waals surface area contributed by atoms with Crippen molar-refractivity contribution in [2.75, 3.05) is 12.3 Å². The number of halogens is 2. The SMILES string of the molecule is CCCCCNC(=O)C1CSC(CCC)N1C(=O)c1ccc(Cl)cc1Cl. The third-order valence-electron chi connectivity index (χ3n) is 4.41. The van der Waals surface area contributed by atoms with Crippen molar-refractivity contribution in [3.8, 4) is 0 Å². The van der Waals surface area contributed by atoms with Gasteiger partial charge in [0.2, 0.25) is 5.91 Å². The van der Waals surface area contributed by atoms with Crippen LogP contribution in [0.5, 0.6) is 0 Å². The van der Waals surface area contributed by atoms with Crippen molar-refractivity contribution >= 4 is 46.8 Å². The maximum atomic E-state index is 13.2. The summed E-state index contributed by atoms with van der Waals surface area (Å²) >= 11 is 13.8. The molecule has 2 atom stereocenters. The van der Waals surface area contributed by atoms with Crippen LogP contribution >= 0.6 is 35.0 Å². The molecule has 0 bridgehead atoms. The number of thioether (sulfide) groups is 1. The summed E-state index contributed by atoms with van der Waals surface area (Å²) in [6.45, 7) is 4.85. The summed E-state index contributed by atoms with van der Waals surface area (Å²) in [4.78, 5) is 27.5. The molecule has 1 aliphatic rings. The first-order chi connectivity index (χ1) is 12.5. The average Bonchev–Trinajstić information content (AvgIpc) is 3.02. The second-order valence-corrected chi connectivity index (χ2v) is 8.48. The molecule has 0 aromatic heterocycles. The van der Waals surface area contributed by atoms with Crippen LogP contribution in [0.3, 0.4) is 0 Å². The van der Waals surface area contributed by atoms with E-state index in [9.17, 15) is 9.59 Å². The molecule has 144 valence electrons. The number of nitrogens with zero attached hydrogens (tertiary/aromatic N) is 1. The molecule has 2 amide bonds. The molecule has 0 radical (unpaired) electrons. The van der Waals surface area contributed by atoms with Gasteiger partial charge in [0.05, 0.1) is 16.0 Å². The lowest BCUT2D eigenvalue weighted by molar-refractivity contribution is -0.124. The molecule has 0 aliphatic carbocycles. The van der Waals surface area contributed by atoms with Crippen LogP contribution in [0.25, 0.3) is 0 Å². The molecule has 1 aliphatic heterocycles. The first-order valence-corrected chi connectivity index (χ1v) is 11.0. The molecule has 1 saturated heterocycles. The lowest BCUT2D eigenvalue weighted by atomic mass is 10.1. The summed E-state index contributed by atoms with van der Waals surface area (Å²) in [5, 5.41) is 3.77. The van der Waals surface area contributed by atoms with Crippen LogP contribution in [0.2, 0.25) is 10.0 Å². The van der Waals surface area contributed by atoms with Gasteiger partial charge in [0.15, 0.2) is 0 Å². The van der Waals surface area contributed by atoms with Gasteiger partial charge in [-0.25, -0.2) is 0 Å². The quantitative estimate of drug-likeness (QED) is 0.607. The van der Waals surface area contributed by atoms with E-state index in [-0.39, 0.29) is 17.2 Å². The number of benzene rings is 1. The number of carbonyl (C=O) groups excluding carboxylic acids is 2. The van der Waals surface area contributed by atoms with Gasteiger partial charge >= 0.3 is 0 Å². The molecule has 1 N–H and O–H groups in total. The maximum Gasteiger partial charge on any atom is 0.256 e. The van der Waals surface area contributed by atoms with E-state index < -0.39 is 6.04 Å². The van der Waals surface area contributed by atoms with Crippen LogP contribution in [0.4, 0.5) is 0 Å². The number of nitrogens with one attached hydrogen (secondary N) is 1. The predicted octanol–water partition coefficient (Wildman–Crippen LogP) is 4.98. The minimum atomic E-state index is -0.461. The zero-order chi connectivity index (χ0) is 19.1. The van der Waals surface area contributed by atoms with Crippen LogP contribution in [0.1, 0.15) is 56.3 Å². The van der Waals surface area contributed by atoms with Gasteiger partial charge in [0.1, 0.15) is 6.04 Å². The number of hydrogen-bond donors (Lipinski definition) is 1. The van der Waals surface area contributed by atoms with E-state index in [1.807, 2.05) is 0 Å². The Hall–Kier alpha value is -0.910. The maximum absolute atomic E-state index is 13.2. The highest BCUT2D eigenvalue weighted by molar-refractivity contribution is 8.00. The van der Waals surface area contributed by atoms with Gasteiger partial charge in [0, 0.05) is 17.3 Å². The van der Waals surface area contributed by atoms with Gasteiger partial charge < -0.3 is 10.2 Å². The van der Waals surface area contributed by atoms with Crippen molar-refractivity contribution < 1.29 is 9.59 Å². The Bertz CT molecular complexity index is 642. The number of carbonyl (C=O) groups is 2. The number of hydrogen-bond acceptors (Lipinski definition) is 3. The summed E-state index contributed by atoms with van der Waals surface area (Å²) in [6, 6.07) is 4.39. The van der Waals surface area contributed by atoms with Crippen LogP contribution in [-0.4, -0.2) is 40.4 Å². The minimum absolute atomic E-state index is 0.00867. The molecule has 1 aromatic rings. The monoisotopic (exact) mass is 416 g/mol. The predicted molar refractivity (Wildman–Crippen MR) is 110 cm³/mol. The Morgan fingerprint density at radius 2 is 2.00 bits per heavy atom. The fourth-order valence-electron chi connectivity index (χ4n) is 3.01. The number of rotatable bonds is 8. The Morgan fingerprint density at radius 1 is 1.23 bits per heavy atom. The van der Waals surface area contributed by atoms with Crippen molar-refractivity contribution in [3.05, 3.63) is 33.8 Å². The molecular weight excluding hydrogens is 391 g/mol. The third-order valence-corrected chi connectivity index (χ3v) is 6.31. The summed E-state index contributed by atoms with van der Waals surface area (Å²) in [6.07, 6.45) is 4.94. The van der Waals surface area contributed by atoms with Crippen molar-refractivity contribution in [2.45, 2.75) is 57.4 Å². The molecule has 0 spiro atoms. The van der Waals surface area contributed by atoms with E-state index in [1.165, 1.54) is 0 Å². The molecule has 1 fully saturated rings.